The van der Waals surface area contributed by atoms with Crippen LogP contribution in [0.25, 0.3) is 11.0 Å². The number of likely N-dealkylation sites (tertiary alicyclic amines) is 1. The second-order valence-electron chi connectivity index (χ2n) is 6.19. The average molecular weight is 321 g/mol. The van der Waals surface area contributed by atoms with Gasteiger partial charge in [-0.25, -0.2) is 9.48 Å². The number of nitrogens with one attached hydrogen (secondary N) is 1. The van der Waals surface area contributed by atoms with Crippen LogP contribution >= 0.6 is 0 Å². The number of hydrogen-bond acceptors (Lipinski definition) is 3. The highest BCUT2D eigenvalue weighted by atomic mass is 16.2. The smallest absolute Gasteiger partial charge is 0.321 e. The van der Waals surface area contributed by atoms with Gasteiger partial charge in [0.25, 0.3) is 0 Å². The number of fused-ring (bicyclic) bond motifs is 1. The molecule has 1 atom stereocenters. The number of anilines is 1. The molecule has 2 heterocycles. The Morgan fingerprint density at radius 2 is 2.04 bits per heavy atom. The maximum absolute atomic E-state index is 12.5. The lowest BCUT2D eigenvalue weighted by Crippen LogP contribution is -2.32. The standard InChI is InChI=1S/C18H19N5O/c1-22-17-8-7-15(11-16(17)20-21-22)19-18(24)23-10-9-14(12-23)13-5-3-2-4-6-13/h2-8,11,14H,9-10,12H2,1H3,(H,19,24)/t14-/m0/s1. The Kier molecular flexibility index (Phi) is 3.65. The van der Waals surface area contributed by atoms with Gasteiger partial charge >= 0.3 is 6.03 Å². The van der Waals surface area contributed by atoms with E-state index in [0.29, 0.717) is 5.92 Å². The lowest BCUT2D eigenvalue weighted by atomic mass is 9.99. The summed E-state index contributed by atoms with van der Waals surface area (Å²) in [6.07, 6.45) is 1.00. The number of amides is 2. The van der Waals surface area contributed by atoms with Crippen LogP contribution in [0.4, 0.5) is 10.5 Å². The Labute approximate surface area is 140 Å². The number of aryl methyl sites for hydroxylation is 1. The second kappa shape index (κ2) is 5.96. The van der Waals surface area contributed by atoms with Crippen LogP contribution in [0.2, 0.25) is 0 Å². The lowest BCUT2D eigenvalue weighted by Gasteiger charge is -2.17. The molecule has 2 aromatic carbocycles. The zero-order chi connectivity index (χ0) is 16.5. The van der Waals surface area contributed by atoms with Gasteiger partial charge in [0.15, 0.2) is 0 Å². The van der Waals surface area contributed by atoms with Crippen molar-refractivity contribution in [3.8, 4) is 0 Å². The van der Waals surface area contributed by atoms with Gasteiger partial charge in [-0.1, -0.05) is 35.5 Å². The van der Waals surface area contributed by atoms with Crippen LogP contribution < -0.4 is 5.32 Å². The van der Waals surface area contributed by atoms with Crippen molar-refractivity contribution >= 4 is 22.8 Å². The predicted octanol–water partition coefficient (Wildman–Crippen LogP) is 2.99. The van der Waals surface area contributed by atoms with Crippen molar-refractivity contribution in [3.05, 3.63) is 54.1 Å². The number of urea groups is 1. The van der Waals surface area contributed by atoms with E-state index in [0.717, 1.165) is 36.2 Å². The van der Waals surface area contributed by atoms with Crippen LogP contribution in [-0.4, -0.2) is 39.0 Å². The number of aromatic nitrogens is 3. The Hall–Kier alpha value is -2.89. The third-order valence-electron chi connectivity index (χ3n) is 4.61. The van der Waals surface area contributed by atoms with E-state index in [1.165, 1.54) is 5.56 Å². The molecule has 0 radical (unpaired) electrons. The van der Waals surface area contributed by atoms with E-state index >= 15 is 0 Å². The van der Waals surface area contributed by atoms with Crippen molar-refractivity contribution in [3.63, 3.8) is 0 Å². The molecule has 4 rings (SSSR count). The summed E-state index contributed by atoms with van der Waals surface area (Å²) in [6.45, 7) is 1.53. The molecule has 1 aliphatic rings. The molecule has 6 heteroatoms. The van der Waals surface area contributed by atoms with Gasteiger partial charge in [0.1, 0.15) is 5.52 Å². The summed E-state index contributed by atoms with van der Waals surface area (Å²) in [5.74, 6) is 0.416. The maximum Gasteiger partial charge on any atom is 0.321 e. The van der Waals surface area contributed by atoms with E-state index in [1.807, 2.05) is 48.3 Å². The molecule has 2 amide bonds. The summed E-state index contributed by atoms with van der Waals surface area (Å²) in [5, 5.41) is 11.0. The monoisotopic (exact) mass is 321 g/mol. The lowest BCUT2D eigenvalue weighted by molar-refractivity contribution is 0.222. The molecule has 0 aliphatic carbocycles. The highest BCUT2D eigenvalue weighted by Crippen LogP contribution is 2.27. The number of rotatable bonds is 2. The van der Waals surface area contributed by atoms with Gasteiger partial charge in [-0.2, -0.15) is 0 Å². The minimum Gasteiger partial charge on any atom is -0.324 e. The number of carbonyl (C=O) groups excluding carboxylic acids is 1. The van der Waals surface area contributed by atoms with Gasteiger partial charge in [-0.3, -0.25) is 0 Å². The summed E-state index contributed by atoms with van der Waals surface area (Å²) in [5.41, 5.74) is 3.77. The number of carbonyl (C=O) groups is 1. The molecule has 122 valence electrons. The molecular weight excluding hydrogens is 302 g/mol. The van der Waals surface area contributed by atoms with Gasteiger partial charge in [0, 0.05) is 31.7 Å². The van der Waals surface area contributed by atoms with Crippen molar-refractivity contribution in [1.82, 2.24) is 19.9 Å². The second-order valence-corrected chi connectivity index (χ2v) is 6.19. The number of hydrogen-bond donors (Lipinski definition) is 1. The molecule has 6 nitrogen and oxygen atoms in total. The van der Waals surface area contributed by atoms with Crippen LogP contribution in [0.3, 0.4) is 0 Å². The highest BCUT2D eigenvalue weighted by Gasteiger charge is 2.27. The first-order valence-electron chi connectivity index (χ1n) is 8.11. The van der Waals surface area contributed by atoms with Gasteiger partial charge in [0.2, 0.25) is 0 Å². The molecule has 3 aromatic rings. The van der Waals surface area contributed by atoms with E-state index in [4.69, 9.17) is 0 Å². The summed E-state index contributed by atoms with van der Waals surface area (Å²) in [6, 6.07) is 16.0. The Bertz CT molecular complexity index is 874. The largest absolute Gasteiger partial charge is 0.324 e. The molecule has 1 saturated heterocycles. The van der Waals surface area contributed by atoms with Gasteiger partial charge in [-0.05, 0) is 30.2 Å². The number of benzene rings is 2. The summed E-state index contributed by atoms with van der Waals surface area (Å²) < 4.78 is 1.71. The SMILES string of the molecule is Cn1nnc2cc(NC(=O)N3CC[C@H](c4ccccc4)C3)ccc21. The third kappa shape index (κ3) is 2.71. The van der Waals surface area contributed by atoms with Gasteiger partial charge in [0.05, 0.1) is 5.52 Å². The summed E-state index contributed by atoms with van der Waals surface area (Å²) in [7, 11) is 1.85. The van der Waals surface area contributed by atoms with Crippen LogP contribution in [0.15, 0.2) is 48.5 Å². The van der Waals surface area contributed by atoms with Crippen LogP contribution in [0.1, 0.15) is 17.9 Å². The van der Waals surface area contributed by atoms with E-state index in [9.17, 15) is 4.79 Å². The average Bonchev–Trinajstić information content (AvgIpc) is 3.23. The van der Waals surface area contributed by atoms with Crippen molar-refractivity contribution in [2.75, 3.05) is 18.4 Å². The quantitative estimate of drug-likeness (QED) is 0.789. The molecule has 0 unspecified atom stereocenters. The fraction of sp³-hybridized carbons (Fsp3) is 0.278. The minimum atomic E-state index is -0.0586. The van der Waals surface area contributed by atoms with Crippen molar-refractivity contribution in [1.29, 1.82) is 0 Å². The van der Waals surface area contributed by atoms with E-state index in [1.54, 1.807) is 4.68 Å². The molecule has 1 aliphatic heterocycles. The van der Waals surface area contributed by atoms with Gasteiger partial charge in [-0.15, -0.1) is 5.10 Å². The zero-order valence-corrected chi connectivity index (χ0v) is 13.5. The van der Waals surface area contributed by atoms with E-state index in [2.05, 4.69) is 27.8 Å². The maximum atomic E-state index is 12.5. The summed E-state index contributed by atoms with van der Waals surface area (Å²) >= 11 is 0. The normalized spacial score (nSPS) is 17.4. The zero-order valence-electron chi connectivity index (χ0n) is 13.5. The number of nitrogens with zero attached hydrogens (tertiary/aromatic N) is 4. The van der Waals surface area contributed by atoms with Crippen molar-refractivity contribution in [2.24, 2.45) is 7.05 Å². The van der Waals surface area contributed by atoms with Crippen LogP contribution in [0.5, 0.6) is 0 Å². The summed E-state index contributed by atoms with van der Waals surface area (Å²) in [4.78, 5) is 14.4. The Morgan fingerprint density at radius 3 is 2.88 bits per heavy atom. The molecule has 1 aromatic heterocycles. The highest BCUT2D eigenvalue weighted by molar-refractivity contribution is 5.92. The van der Waals surface area contributed by atoms with Crippen molar-refractivity contribution in [2.45, 2.75) is 12.3 Å². The molecule has 0 saturated carbocycles. The Morgan fingerprint density at radius 1 is 1.21 bits per heavy atom. The fourth-order valence-corrected chi connectivity index (χ4v) is 3.26. The molecule has 1 N–H and O–H groups in total. The molecule has 0 bridgehead atoms. The van der Waals surface area contributed by atoms with Crippen LogP contribution in [0, 0.1) is 0 Å². The van der Waals surface area contributed by atoms with Crippen molar-refractivity contribution < 1.29 is 4.79 Å². The predicted molar refractivity (Wildman–Crippen MR) is 92.9 cm³/mol. The van der Waals surface area contributed by atoms with E-state index in [-0.39, 0.29) is 6.03 Å². The van der Waals surface area contributed by atoms with Crippen LogP contribution in [-0.2, 0) is 7.05 Å². The van der Waals surface area contributed by atoms with E-state index < -0.39 is 0 Å². The first kappa shape index (κ1) is 14.7. The third-order valence-corrected chi connectivity index (χ3v) is 4.61. The first-order valence-corrected chi connectivity index (χ1v) is 8.11. The first-order chi connectivity index (χ1) is 11.7. The Balaban J connectivity index is 1.44. The van der Waals surface area contributed by atoms with Gasteiger partial charge < -0.3 is 10.2 Å². The molecule has 24 heavy (non-hydrogen) atoms. The molecule has 1 fully saturated rings. The fourth-order valence-electron chi connectivity index (χ4n) is 3.26. The molecular formula is C18H19N5O. The minimum absolute atomic E-state index is 0.0586. The topological polar surface area (TPSA) is 63.1 Å². The molecule has 0 spiro atoms.